The number of benzene rings is 1. The van der Waals surface area contributed by atoms with E-state index < -0.39 is 11.9 Å². The molecular formula is C15H17NO6. The molecule has 1 amide bonds. The summed E-state index contributed by atoms with van der Waals surface area (Å²) < 4.78 is 10.6. The maximum absolute atomic E-state index is 11.9. The molecule has 118 valence electrons. The van der Waals surface area contributed by atoms with Gasteiger partial charge in [0, 0.05) is 25.4 Å². The highest BCUT2D eigenvalue weighted by Crippen LogP contribution is 2.39. The fraction of sp³-hybridized carbons (Fsp3) is 0.467. The molecular weight excluding hydrogens is 290 g/mol. The van der Waals surface area contributed by atoms with E-state index in [4.69, 9.17) is 14.6 Å². The molecule has 0 bridgehead atoms. The Morgan fingerprint density at radius 3 is 2.73 bits per heavy atom. The molecule has 0 aromatic heterocycles. The Bertz CT molecular complexity index is 602. The number of nitrogens with zero attached hydrogens (tertiary/aromatic N) is 1. The number of ether oxygens (including phenoxy) is 2. The second-order valence-electron chi connectivity index (χ2n) is 5.44. The van der Waals surface area contributed by atoms with Crippen molar-refractivity contribution in [1.29, 1.82) is 0 Å². The first-order valence-electron chi connectivity index (χ1n) is 7.11. The highest BCUT2D eigenvalue weighted by molar-refractivity contribution is 5.79. The minimum absolute atomic E-state index is 0.0141. The van der Waals surface area contributed by atoms with Gasteiger partial charge in [-0.15, -0.1) is 0 Å². The van der Waals surface area contributed by atoms with Crippen LogP contribution >= 0.6 is 0 Å². The van der Waals surface area contributed by atoms with Gasteiger partial charge < -0.3 is 24.6 Å². The number of carbonyl (C=O) groups excluding carboxylic acids is 1. The van der Waals surface area contributed by atoms with E-state index in [0.29, 0.717) is 18.0 Å². The topological polar surface area (TPSA) is 96.3 Å². The van der Waals surface area contributed by atoms with E-state index in [9.17, 15) is 14.7 Å². The van der Waals surface area contributed by atoms with Gasteiger partial charge in [-0.05, 0) is 17.7 Å². The number of aliphatic hydroxyl groups excluding tert-OH is 1. The number of fused-ring (bicyclic) bond motifs is 1. The van der Waals surface area contributed by atoms with E-state index >= 15 is 0 Å². The molecule has 0 spiro atoms. The van der Waals surface area contributed by atoms with E-state index in [1.54, 1.807) is 12.1 Å². The Morgan fingerprint density at radius 2 is 2.00 bits per heavy atom. The third kappa shape index (κ3) is 2.59. The van der Waals surface area contributed by atoms with Crippen LogP contribution in [-0.4, -0.2) is 53.5 Å². The first kappa shape index (κ1) is 14.6. The summed E-state index contributed by atoms with van der Waals surface area (Å²) >= 11 is 0. The normalized spacial score (nSPS) is 22.9. The molecule has 0 aliphatic carbocycles. The van der Waals surface area contributed by atoms with E-state index in [1.165, 1.54) is 4.90 Å². The van der Waals surface area contributed by atoms with Crippen molar-refractivity contribution in [2.75, 3.05) is 26.5 Å². The van der Waals surface area contributed by atoms with E-state index in [-0.39, 0.29) is 38.2 Å². The van der Waals surface area contributed by atoms with Gasteiger partial charge in [0.25, 0.3) is 0 Å². The van der Waals surface area contributed by atoms with Crippen LogP contribution in [0.3, 0.4) is 0 Å². The number of rotatable bonds is 4. The molecule has 2 heterocycles. The molecule has 2 N–H and O–H groups in total. The Balaban J connectivity index is 1.84. The van der Waals surface area contributed by atoms with Crippen LogP contribution in [0.25, 0.3) is 0 Å². The standard InChI is InChI=1S/C15H17NO6/c17-4-3-14(18)16-6-10(11(7-16)15(19)20)9-1-2-12-13(5-9)22-8-21-12/h1-2,5,10-11,17H,3-4,6-8H2,(H,19,20)/t10-,11+/m0/s1. The largest absolute Gasteiger partial charge is 0.481 e. The van der Waals surface area contributed by atoms with Crippen LogP contribution in [0.1, 0.15) is 17.9 Å². The maximum atomic E-state index is 11.9. The number of aliphatic hydroxyl groups is 1. The zero-order valence-corrected chi connectivity index (χ0v) is 11.9. The monoisotopic (exact) mass is 307 g/mol. The molecule has 0 saturated carbocycles. The summed E-state index contributed by atoms with van der Waals surface area (Å²) in [6.07, 6.45) is 0.0141. The number of amides is 1. The number of likely N-dealkylation sites (tertiary alicyclic amines) is 1. The zero-order chi connectivity index (χ0) is 15.7. The lowest BCUT2D eigenvalue weighted by atomic mass is 9.89. The van der Waals surface area contributed by atoms with Gasteiger partial charge in [-0.25, -0.2) is 0 Å². The van der Waals surface area contributed by atoms with Crippen LogP contribution in [0, 0.1) is 5.92 Å². The lowest BCUT2D eigenvalue weighted by Gasteiger charge is -2.16. The summed E-state index contributed by atoms with van der Waals surface area (Å²) in [5.41, 5.74) is 0.816. The van der Waals surface area contributed by atoms with Crippen LogP contribution in [0.5, 0.6) is 11.5 Å². The van der Waals surface area contributed by atoms with Crippen LogP contribution in [0.2, 0.25) is 0 Å². The summed E-state index contributed by atoms with van der Waals surface area (Å²) in [6.45, 7) is 0.414. The zero-order valence-electron chi connectivity index (χ0n) is 11.9. The number of hydrogen-bond acceptors (Lipinski definition) is 5. The number of hydrogen-bond donors (Lipinski definition) is 2. The molecule has 1 aromatic carbocycles. The minimum atomic E-state index is -0.929. The molecule has 1 fully saturated rings. The van der Waals surface area contributed by atoms with Crippen LogP contribution in [-0.2, 0) is 9.59 Å². The Kier molecular flexibility index (Phi) is 3.89. The summed E-state index contributed by atoms with van der Waals surface area (Å²) in [7, 11) is 0. The Labute approximate surface area is 127 Å². The van der Waals surface area contributed by atoms with Gasteiger partial charge in [-0.1, -0.05) is 6.07 Å². The van der Waals surface area contributed by atoms with Crippen LogP contribution in [0.15, 0.2) is 18.2 Å². The molecule has 7 nitrogen and oxygen atoms in total. The lowest BCUT2D eigenvalue weighted by molar-refractivity contribution is -0.141. The third-order valence-corrected chi connectivity index (χ3v) is 4.14. The van der Waals surface area contributed by atoms with Crippen molar-refractivity contribution >= 4 is 11.9 Å². The predicted octanol–water partition coefficient (Wildman–Crippen LogP) is 0.424. The quantitative estimate of drug-likeness (QED) is 0.837. The van der Waals surface area contributed by atoms with E-state index in [2.05, 4.69) is 0 Å². The molecule has 22 heavy (non-hydrogen) atoms. The summed E-state index contributed by atoms with van der Waals surface area (Å²) in [5.74, 6) is -0.875. The molecule has 7 heteroatoms. The lowest BCUT2D eigenvalue weighted by Crippen LogP contribution is -2.30. The SMILES string of the molecule is O=C(O)[C@@H]1CN(C(=O)CCO)C[C@H]1c1ccc2c(c1)OCO2. The molecule has 2 aliphatic rings. The number of aliphatic carboxylic acids is 1. The molecule has 1 saturated heterocycles. The number of carbonyl (C=O) groups is 2. The van der Waals surface area contributed by atoms with Crippen LogP contribution < -0.4 is 9.47 Å². The van der Waals surface area contributed by atoms with Crippen molar-refractivity contribution in [3.8, 4) is 11.5 Å². The number of carboxylic acids is 1. The second-order valence-corrected chi connectivity index (χ2v) is 5.44. The molecule has 2 aliphatic heterocycles. The van der Waals surface area contributed by atoms with Gasteiger partial charge in [-0.2, -0.15) is 0 Å². The van der Waals surface area contributed by atoms with E-state index in [0.717, 1.165) is 5.56 Å². The maximum Gasteiger partial charge on any atom is 0.308 e. The number of carboxylic acid groups (broad SMARTS) is 1. The van der Waals surface area contributed by atoms with Gasteiger partial charge in [0.05, 0.1) is 12.5 Å². The smallest absolute Gasteiger partial charge is 0.308 e. The van der Waals surface area contributed by atoms with Gasteiger partial charge in [0.15, 0.2) is 11.5 Å². The van der Waals surface area contributed by atoms with Gasteiger partial charge in [0.1, 0.15) is 0 Å². The van der Waals surface area contributed by atoms with Gasteiger partial charge in [-0.3, -0.25) is 9.59 Å². The predicted molar refractivity (Wildman–Crippen MR) is 74.7 cm³/mol. The molecule has 1 aromatic rings. The average molecular weight is 307 g/mol. The first-order valence-corrected chi connectivity index (χ1v) is 7.11. The summed E-state index contributed by atoms with van der Waals surface area (Å²) in [5, 5.41) is 18.3. The molecule has 2 atom stereocenters. The first-order chi connectivity index (χ1) is 10.6. The fourth-order valence-electron chi connectivity index (χ4n) is 2.99. The highest BCUT2D eigenvalue weighted by atomic mass is 16.7. The minimum Gasteiger partial charge on any atom is -0.481 e. The van der Waals surface area contributed by atoms with Crippen molar-refractivity contribution in [3.63, 3.8) is 0 Å². The van der Waals surface area contributed by atoms with Gasteiger partial charge >= 0.3 is 5.97 Å². The van der Waals surface area contributed by atoms with Crippen molar-refractivity contribution in [1.82, 2.24) is 4.90 Å². The van der Waals surface area contributed by atoms with Crippen molar-refractivity contribution in [3.05, 3.63) is 23.8 Å². The summed E-state index contributed by atoms with van der Waals surface area (Å²) in [6, 6.07) is 5.35. The average Bonchev–Trinajstić information content (AvgIpc) is 3.13. The highest BCUT2D eigenvalue weighted by Gasteiger charge is 2.40. The Hall–Kier alpha value is -2.28. The van der Waals surface area contributed by atoms with Crippen molar-refractivity contribution in [2.45, 2.75) is 12.3 Å². The van der Waals surface area contributed by atoms with Crippen molar-refractivity contribution in [2.24, 2.45) is 5.92 Å². The summed E-state index contributed by atoms with van der Waals surface area (Å²) in [4.78, 5) is 24.9. The van der Waals surface area contributed by atoms with Crippen molar-refractivity contribution < 1.29 is 29.3 Å². The molecule has 0 radical (unpaired) electrons. The van der Waals surface area contributed by atoms with Gasteiger partial charge in [0.2, 0.25) is 12.7 Å². The fourth-order valence-corrected chi connectivity index (χ4v) is 2.99. The molecule has 0 unspecified atom stereocenters. The second kappa shape index (κ2) is 5.84. The third-order valence-electron chi connectivity index (χ3n) is 4.14. The van der Waals surface area contributed by atoms with Crippen LogP contribution in [0.4, 0.5) is 0 Å². The molecule has 3 rings (SSSR count). The Morgan fingerprint density at radius 1 is 1.23 bits per heavy atom. The van der Waals surface area contributed by atoms with E-state index in [1.807, 2.05) is 6.07 Å².